The maximum absolute atomic E-state index is 13.0. The lowest BCUT2D eigenvalue weighted by Gasteiger charge is -2.14. The van der Waals surface area contributed by atoms with Crippen LogP contribution in [0.3, 0.4) is 0 Å². The zero-order valence-corrected chi connectivity index (χ0v) is 15.3. The molecule has 0 aromatic heterocycles. The first-order valence-corrected chi connectivity index (χ1v) is 8.49. The van der Waals surface area contributed by atoms with Gasteiger partial charge in [-0.1, -0.05) is 41.9 Å². The number of hydrogen-bond acceptors (Lipinski definition) is 4. The summed E-state index contributed by atoms with van der Waals surface area (Å²) in [5.41, 5.74) is 1.01. The summed E-state index contributed by atoms with van der Waals surface area (Å²) in [5, 5.41) is 4.89. The number of halogens is 2. The number of amides is 2. The lowest BCUT2D eigenvalue weighted by atomic mass is 10.1. The van der Waals surface area contributed by atoms with E-state index in [0.29, 0.717) is 0 Å². The molecular formula is C19H18ClFN2O4. The van der Waals surface area contributed by atoms with Crippen molar-refractivity contribution in [2.75, 3.05) is 11.9 Å². The third-order valence-electron chi connectivity index (χ3n) is 3.50. The summed E-state index contributed by atoms with van der Waals surface area (Å²) in [7, 11) is 0. The van der Waals surface area contributed by atoms with Crippen molar-refractivity contribution in [1.82, 2.24) is 5.32 Å². The number of ether oxygens (including phenoxy) is 1. The Labute approximate surface area is 160 Å². The molecule has 1 atom stereocenters. The second-order valence-corrected chi connectivity index (χ2v) is 6.09. The normalized spacial score (nSPS) is 11.4. The average molecular weight is 393 g/mol. The van der Waals surface area contributed by atoms with Gasteiger partial charge in [-0.2, -0.15) is 0 Å². The predicted octanol–water partition coefficient (Wildman–Crippen LogP) is 2.71. The monoisotopic (exact) mass is 392 g/mol. The third kappa shape index (κ3) is 6.71. The number of rotatable bonds is 7. The largest absolute Gasteiger partial charge is 0.451 e. The Kier molecular flexibility index (Phi) is 7.31. The molecule has 2 amide bonds. The van der Waals surface area contributed by atoms with Gasteiger partial charge in [-0.05, 0) is 30.7 Å². The first-order valence-electron chi connectivity index (χ1n) is 8.11. The maximum Gasteiger partial charge on any atom is 0.326 e. The van der Waals surface area contributed by atoms with Crippen molar-refractivity contribution in [3.63, 3.8) is 0 Å². The van der Waals surface area contributed by atoms with Gasteiger partial charge in [0.1, 0.15) is 12.4 Å². The van der Waals surface area contributed by atoms with Crippen LogP contribution < -0.4 is 10.6 Å². The molecule has 0 aliphatic heterocycles. The molecule has 2 aromatic rings. The highest BCUT2D eigenvalue weighted by molar-refractivity contribution is 6.33. The minimum atomic E-state index is -1.12. The first kappa shape index (κ1) is 20.4. The second-order valence-electron chi connectivity index (χ2n) is 5.68. The number of hydrogen-bond donors (Lipinski definition) is 2. The van der Waals surface area contributed by atoms with Gasteiger partial charge >= 0.3 is 5.97 Å². The first-order chi connectivity index (χ1) is 12.8. The van der Waals surface area contributed by atoms with Gasteiger partial charge in [0.25, 0.3) is 5.91 Å². The van der Waals surface area contributed by atoms with Crippen molar-refractivity contribution in [3.8, 4) is 0 Å². The fraction of sp³-hybridized carbons (Fsp3) is 0.211. The van der Waals surface area contributed by atoms with Gasteiger partial charge in [-0.15, -0.1) is 0 Å². The van der Waals surface area contributed by atoms with Crippen molar-refractivity contribution in [2.45, 2.75) is 19.4 Å². The van der Waals surface area contributed by atoms with E-state index in [9.17, 15) is 18.8 Å². The standard InChI is InChI=1S/C19H18ClFN2O4/c1-12(19(26)23-16-8-7-14(21)10-15(16)20)27-18(25)11-22-17(24)9-13-5-3-2-4-6-13/h2-8,10,12H,9,11H2,1H3,(H,22,24)(H,23,26)/t12-/m0/s1. The Morgan fingerprint density at radius 3 is 2.52 bits per heavy atom. The highest BCUT2D eigenvalue weighted by Gasteiger charge is 2.19. The lowest BCUT2D eigenvalue weighted by molar-refractivity contribution is -0.152. The van der Waals surface area contributed by atoms with Crippen LogP contribution in [0.2, 0.25) is 5.02 Å². The zero-order valence-electron chi connectivity index (χ0n) is 14.5. The molecule has 0 fully saturated rings. The highest BCUT2D eigenvalue weighted by Crippen LogP contribution is 2.22. The fourth-order valence-electron chi connectivity index (χ4n) is 2.13. The molecule has 0 saturated carbocycles. The van der Waals surface area contributed by atoms with E-state index in [1.54, 1.807) is 12.1 Å². The number of anilines is 1. The van der Waals surface area contributed by atoms with Crippen LogP contribution in [0.4, 0.5) is 10.1 Å². The van der Waals surface area contributed by atoms with Gasteiger partial charge in [0.05, 0.1) is 17.1 Å². The Hall–Kier alpha value is -2.93. The van der Waals surface area contributed by atoms with Crippen LogP contribution in [0.25, 0.3) is 0 Å². The Balaban J connectivity index is 1.77. The molecule has 6 nitrogen and oxygen atoms in total. The van der Waals surface area contributed by atoms with Crippen LogP contribution in [0.15, 0.2) is 48.5 Å². The van der Waals surface area contributed by atoms with Gasteiger partial charge in [-0.25, -0.2) is 4.39 Å². The van der Waals surface area contributed by atoms with Gasteiger partial charge in [0.2, 0.25) is 5.91 Å². The van der Waals surface area contributed by atoms with E-state index in [1.165, 1.54) is 13.0 Å². The fourth-order valence-corrected chi connectivity index (χ4v) is 2.35. The smallest absolute Gasteiger partial charge is 0.326 e. The second kappa shape index (κ2) is 9.68. The zero-order chi connectivity index (χ0) is 19.8. The molecule has 2 aromatic carbocycles. The van der Waals surface area contributed by atoms with Crippen molar-refractivity contribution >= 4 is 35.1 Å². The van der Waals surface area contributed by atoms with E-state index in [-0.39, 0.29) is 29.6 Å². The average Bonchev–Trinajstić information content (AvgIpc) is 2.63. The summed E-state index contributed by atoms with van der Waals surface area (Å²) in [5.74, 6) is -2.27. The van der Waals surface area contributed by atoms with E-state index < -0.39 is 23.8 Å². The van der Waals surface area contributed by atoms with Crippen molar-refractivity contribution in [3.05, 3.63) is 64.9 Å². The molecule has 2 N–H and O–H groups in total. The van der Waals surface area contributed by atoms with E-state index in [0.717, 1.165) is 17.7 Å². The molecule has 0 radical (unpaired) electrons. The summed E-state index contributed by atoms with van der Waals surface area (Å²) in [6, 6.07) is 12.5. The molecule has 0 heterocycles. The molecule has 0 unspecified atom stereocenters. The van der Waals surface area contributed by atoms with Gasteiger partial charge in [-0.3, -0.25) is 14.4 Å². The molecule has 0 spiro atoms. The molecule has 8 heteroatoms. The van der Waals surface area contributed by atoms with Gasteiger partial charge in [0.15, 0.2) is 6.10 Å². The number of benzene rings is 2. The van der Waals surface area contributed by atoms with Crippen LogP contribution in [-0.2, 0) is 25.5 Å². The summed E-state index contributed by atoms with van der Waals surface area (Å²) in [6.07, 6.45) is -0.989. The van der Waals surface area contributed by atoms with Gasteiger partial charge < -0.3 is 15.4 Å². The molecule has 142 valence electrons. The van der Waals surface area contributed by atoms with Crippen LogP contribution >= 0.6 is 11.6 Å². The highest BCUT2D eigenvalue weighted by atomic mass is 35.5. The number of carbonyl (C=O) groups excluding carboxylic acids is 3. The molecule has 0 saturated heterocycles. The van der Waals surface area contributed by atoms with Gasteiger partial charge in [0, 0.05) is 0 Å². The van der Waals surface area contributed by atoms with E-state index in [2.05, 4.69) is 10.6 Å². The van der Waals surface area contributed by atoms with Crippen molar-refractivity contribution in [1.29, 1.82) is 0 Å². The Morgan fingerprint density at radius 1 is 1.15 bits per heavy atom. The molecular weight excluding hydrogens is 375 g/mol. The molecule has 27 heavy (non-hydrogen) atoms. The van der Waals surface area contributed by atoms with Crippen LogP contribution in [0.1, 0.15) is 12.5 Å². The van der Waals surface area contributed by atoms with Crippen molar-refractivity contribution in [2.24, 2.45) is 0 Å². The third-order valence-corrected chi connectivity index (χ3v) is 3.82. The maximum atomic E-state index is 13.0. The molecule has 0 aliphatic carbocycles. The lowest BCUT2D eigenvalue weighted by Crippen LogP contribution is -2.36. The summed E-state index contributed by atoms with van der Waals surface area (Å²) in [6.45, 7) is 1.01. The van der Waals surface area contributed by atoms with Crippen LogP contribution in [0, 0.1) is 5.82 Å². The summed E-state index contributed by atoms with van der Waals surface area (Å²) in [4.78, 5) is 35.6. The minimum Gasteiger partial charge on any atom is -0.451 e. The van der Waals surface area contributed by atoms with Crippen LogP contribution in [-0.4, -0.2) is 30.4 Å². The summed E-state index contributed by atoms with van der Waals surface area (Å²) < 4.78 is 18.0. The quantitative estimate of drug-likeness (QED) is 0.709. The topological polar surface area (TPSA) is 84.5 Å². The SMILES string of the molecule is C[C@H](OC(=O)CNC(=O)Cc1ccccc1)C(=O)Nc1ccc(F)cc1Cl. The minimum absolute atomic E-state index is 0.0232. The van der Waals surface area contributed by atoms with Crippen molar-refractivity contribution < 1.29 is 23.5 Å². The molecule has 2 rings (SSSR count). The van der Waals surface area contributed by atoms with Crippen LogP contribution in [0.5, 0.6) is 0 Å². The molecule has 0 bridgehead atoms. The van der Waals surface area contributed by atoms with E-state index >= 15 is 0 Å². The Morgan fingerprint density at radius 2 is 1.85 bits per heavy atom. The summed E-state index contributed by atoms with van der Waals surface area (Å²) >= 11 is 5.83. The number of carbonyl (C=O) groups is 3. The number of esters is 1. The molecule has 0 aliphatic rings. The van der Waals surface area contributed by atoms with E-state index in [4.69, 9.17) is 16.3 Å². The predicted molar refractivity (Wildman–Crippen MR) is 98.7 cm³/mol. The Bertz CT molecular complexity index is 830. The van der Waals surface area contributed by atoms with E-state index in [1.807, 2.05) is 18.2 Å². The number of nitrogens with one attached hydrogen (secondary N) is 2.